The molecule has 2 nitrogen and oxygen atoms in total. The fraction of sp³-hybridized carbons (Fsp3) is 1.00. The minimum Gasteiger partial charge on any atom is -0.242 e. The molecule has 1 heterocycles. The second kappa shape index (κ2) is 2.69. The Bertz CT molecular complexity index is 77.0. The van der Waals surface area contributed by atoms with Gasteiger partial charge in [0, 0.05) is 11.5 Å². The van der Waals surface area contributed by atoms with Gasteiger partial charge in [-0.15, -0.1) is 0 Å². The van der Waals surface area contributed by atoms with E-state index in [2.05, 4.69) is 4.13 Å². The molecular formula is C3H7NOS2. The molecule has 7 heavy (non-hydrogen) atoms. The molecule has 1 atom stereocenters. The Morgan fingerprint density at radius 1 is 1.71 bits per heavy atom. The predicted octanol–water partition coefficient (Wildman–Crippen LogP) is 0.292. The normalized spacial score (nSPS) is 32.9. The highest BCUT2D eigenvalue weighted by molar-refractivity contribution is 8.07. The Hall–Kier alpha value is 0.460. The maximum atomic E-state index is 10.4. The van der Waals surface area contributed by atoms with Crippen LogP contribution in [0.2, 0.25) is 0 Å². The zero-order valence-electron chi connectivity index (χ0n) is 3.85. The monoisotopic (exact) mass is 137 g/mol. The molecule has 0 aromatic rings. The van der Waals surface area contributed by atoms with E-state index in [0.29, 0.717) is 0 Å². The third-order valence-corrected chi connectivity index (χ3v) is 3.10. The summed E-state index contributed by atoms with van der Waals surface area (Å²) in [5.41, 5.74) is 0. The minimum atomic E-state index is -0.727. The maximum absolute atomic E-state index is 10.4. The van der Waals surface area contributed by atoms with Crippen molar-refractivity contribution in [1.82, 2.24) is 4.13 Å². The first-order valence-electron chi connectivity index (χ1n) is 2.15. The summed E-state index contributed by atoms with van der Waals surface area (Å²) < 4.78 is 13.2. The van der Waals surface area contributed by atoms with Crippen molar-refractivity contribution < 1.29 is 4.21 Å². The Morgan fingerprint density at radius 3 is 2.86 bits per heavy atom. The highest BCUT2D eigenvalue weighted by Crippen LogP contribution is 2.04. The molecule has 0 aromatic heterocycles. The van der Waals surface area contributed by atoms with Gasteiger partial charge in [0.05, 0.1) is 0 Å². The smallest absolute Gasteiger partial charge is 0.101 e. The van der Waals surface area contributed by atoms with Crippen LogP contribution in [0.15, 0.2) is 0 Å². The molecule has 1 aliphatic rings. The van der Waals surface area contributed by atoms with Crippen LogP contribution >= 0.6 is 11.9 Å². The van der Waals surface area contributed by atoms with Gasteiger partial charge in [-0.05, 0) is 6.42 Å². The minimum absolute atomic E-state index is 0.727. The van der Waals surface area contributed by atoms with E-state index in [1.54, 1.807) is 11.9 Å². The van der Waals surface area contributed by atoms with Crippen LogP contribution in [0, 0.1) is 0 Å². The van der Waals surface area contributed by atoms with E-state index in [1.807, 2.05) is 0 Å². The van der Waals surface area contributed by atoms with Crippen LogP contribution in [-0.4, -0.2) is 15.7 Å². The summed E-state index contributed by atoms with van der Waals surface area (Å²) in [6.45, 7) is 0. The summed E-state index contributed by atoms with van der Waals surface area (Å²) >= 11 is 1.55. The third-order valence-electron chi connectivity index (χ3n) is 0.728. The summed E-state index contributed by atoms with van der Waals surface area (Å²) in [7, 11) is -0.727. The zero-order chi connectivity index (χ0) is 5.11. The van der Waals surface area contributed by atoms with Crippen molar-refractivity contribution in [3.05, 3.63) is 0 Å². The van der Waals surface area contributed by atoms with Gasteiger partial charge >= 0.3 is 0 Å². The fourth-order valence-electron chi connectivity index (χ4n) is 0.411. The van der Waals surface area contributed by atoms with Crippen LogP contribution in [0.4, 0.5) is 0 Å². The molecule has 0 radical (unpaired) electrons. The predicted molar refractivity (Wildman–Crippen MR) is 33.2 cm³/mol. The van der Waals surface area contributed by atoms with Gasteiger partial charge in [0.1, 0.15) is 11.0 Å². The number of rotatable bonds is 0. The average Bonchev–Trinajstić information content (AvgIpc) is 1.69. The third kappa shape index (κ3) is 1.80. The van der Waals surface area contributed by atoms with Gasteiger partial charge in [-0.3, -0.25) is 0 Å². The first-order chi connectivity index (χ1) is 3.39. The molecule has 1 rings (SSSR count). The summed E-state index contributed by atoms with van der Waals surface area (Å²) in [6, 6.07) is 0. The zero-order valence-corrected chi connectivity index (χ0v) is 5.48. The lowest BCUT2D eigenvalue weighted by Crippen LogP contribution is -2.18. The Balaban J connectivity index is 2.25. The van der Waals surface area contributed by atoms with Crippen LogP contribution in [0.3, 0.4) is 0 Å². The molecular weight excluding hydrogens is 130 g/mol. The van der Waals surface area contributed by atoms with Crippen molar-refractivity contribution in [3.8, 4) is 0 Å². The first-order valence-corrected chi connectivity index (χ1v) is 4.46. The summed E-state index contributed by atoms with van der Waals surface area (Å²) in [6.07, 6.45) is 1.09. The van der Waals surface area contributed by atoms with E-state index in [4.69, 9.17) is 0 Å². The van der Waals surface area contributed by atoms with Crippen LogP contribution in [0.1, 0.15) is 6.42 Å². The highest BCUT2D eigenvalue weighted by Gasteiger charge is 2.03. The van der Waals surface area contributed by atoms with Crippen molar-refractivity contribution in [2.45, 2.75) is 6.42 Å². The second-order valence-corrected chi connectivity index (χ2v) is 3.80. The van der Waals surface area contributed by atoms with Crippen LogP contribution in [0.25, 0.3) is 0 Å². The molecule has 42 valence electrons. The molecule has 1 N–H and O–H groups in total. The quantitative estimate of drug-likeness (QED) is 0.486. The van der Waals surface area contributed by atoms with Crippen molar-refractivity contribution in [2.75, 3.05) is 11.5 Å². The van der Waals surface area contributed by atoms with Gasteiger partial charge in [0.25, 0.3) is 0 Å². The van der Waals surface area contributed by atoms with Crippen molar-refractivity contribution in [2.24, 2.45) is 0 Å². The molecule has 4 heteroatoms. The Morgan fingerprint density at radius 2 is 2.57 bits per heavy atom. The second-order valence-electron chi connectivity index (χ2n) is 1.33. The molecule has 0 spiro atoms. The summed E-state index contributed by atoms with van der Waals surface area (Å²) in [5, 5.41) is 0. The Labute approximate surface area is 49.8 Å². The molecule has 1 unspecified atom stereocenters. The molecule has 0 saturated carbocycles. The molecule has 0 aliphatic carbocycles. The van der Waals surface area contributed by atoms with Crippen molar-refractivity contribution in [1.29, 1.82) is 0 Å². The lowest BCUT2D eigenvalue weighted by Gasteiger charge is -2.07. The van der Waals surface area contributed by atoms with Crippen LogP contribution in [-0.2, 0) is 11.0 Å². The SMILES string of the molecule is O=S1CCCSN1. The van der Waals surface area contributed by atoms with E-state index >= 15 is 0 Å². The number of hydrogen-bond donors (Lipinski definition) is 1. The average molecular weight is 137 g/mol. The Kier molecular flexibility index (Phi) is 2.15. The molecule has 1 fully saturated rings. The van der Waals surface area contributed by atoms with Gasteiger partial charge in [-0.2, -0.15) is 4.13 Å². The summed E-state index contributed by atoms with van der Waals surface area (Å²) in [4.78, 5) is 0. The van der Waals surface area contributed by atoms with E-state index in [0.717, 1.165) is 17.9 Å². The van der Waals surface area contributed by atoms with Gasteiger partial charge in [0.2, 0.25) is 0 Å². The highest BCUT2D eigenvalue weighted by atomic mass is 32.2. The van der Waals surface area contributed by atoms with E-state index in [9.17, 15) is 4.21 Å². The van der Waals surface area contributed by atoms with Crippen LogP contribution < -0.4 is 4.13 Å². The lowest BCUT2D eigenvalue weighted by atomic mass is 10.6. The first kappa shape index (κ1) is 5.59. The van der Waals surface area contributed by atoms with Crippen molar-refractivity contribution >= 4 is 22.9 Å². The molecule has 1 saturated heterocycles. The topological polar surface area (TPSA) is 29.1 Å². The fourth-order valence-corrected chi connectivity index (χ4v) is 2.48. The molecule has 0 aromatic carbocycles. The van der Waals surface area contributed by atoms with E-state index in [1.165, 1.54) is 0 Å². The largest absolute Gasteiger partial charge is 0.242 e. The van der Waals surface area contributed by atoms with Gasteiger partial charge in [-0.1, -0.05) is 11.9 Å². The maximum Gasteiger partial charge on any atom is 0.101 e. The van der Waals surface area contributed by atoms with E-state index < -0.39 is 11.0 Å². The summed E-state index contributed by atoms with van der Waals surface area (Å²) in [5.74, 6) is 1.93. The molecule has 1 aliphatic heterocycles. The standard InChI is InChI=1S/C3H7NOS2/c5-7-3-1-2-6-4-7/h4H,1-3H2. The molecule has 0 bridgehead atoms. The molecule has 0 amide bonds. The van der Waals surface area contributed by atoms with Crippen molar-refractivity contribution in [3.63, 3.8) is 0 Å². The number of hydrogen-bond acceptors (Lipinski definition) is 2. The van der Waals surface area contributed by atoms with E-state index in [-0.39, 0.29) is 0 Å². The number of nitrogens with one attached hydrogen (secondary N) is 1. The van der Waals surface area contributed by atoms with Crippen LogP contribution in [0.5, 0.6) is 0 Å². The van der Waals surface area contributed by atoms with Gasteiger partial charge in [0.15, 0.2) is 0 Å². The van der Waals surface area contributed by atoms with Gasteiger partial charge in [-0.25, -0.2) is 4.21 Å². The van der Waals surface area contributed by atoms with Gasteiger partial charge < -0.3 is 0 Å². The lowest BCUT2D eigenvalue weighted by molar-refractivity contribution is 0.680.